The molecule has 11 heteroatoms. The molecule has 2 heterocycles. The van der Waals surface area contributed by atoms with Crippen molar-refractivity contribution in [1.29, 1.82) is 0 Å². The highest BCUT2D eigenvalue weighted by Gasteiger charge is 2.32. The summed E-state index contributed by atoms with van der Waals surface area (Å²) in [5.41, 5.74) is 8.81. The molecule has 1 aromatic heterocycles. The maximum Gasteiger partial charge on any atom is 0.238 e. The van der Waals surface area contributed by atoms with E-state index in [2.05, 4.69) is 20.6 Å². The number of nitrogens with zero attached hydrogens (tertiary/aromatic N) is 2. The maximum atomic E-state index is 15.0. The van der Waals surface area contributed by atoms with Crippen molar-refractivity contribution < 1.29 is 23.8 Å². The van der Waals surface area contributed by atoms with E-state index in [-0.39, 0.29) is 12.5 Å². The molecule has 0 aliphatic carbocycles. The van der Waals surface area contributed by atoms with Crippen LogP contribution >= 0.6 is 0 Å². The molecule has 2 aromatic carbocycles. The van der Waals surface area contributed by atoms with Crippen LogP contribution in [0, 0.1) is 5.82 Å². The third-order valence-electron chi connectivity index (χ3n) is 5.98. The number of ether oxygens (including phenoxy) is 1. The fraction of sp³-hybridized carbons (Fsp3) is 0.320. The van der Waals surface area contributed by atoms with Crippen LogP contribution in [-0.2, 0) is 27.3 Å². The van der Waals surface area contributed by atoms with Crippen molar-refractivity contribution in [2.45, 2.75) is 38.4 Å². The fourth-order valence-corrected chi connectivity index (χ4v) is 4.05. The summed E-state index contributed by atoms with van der Waals surface area (Å²) in [5, 5.41) is 16.0. The first kappa shape index (κ1) is 25.3. The number of nitrogens with one attached hydrogen (secondary N) is 3. The highest BCUT2D eigenvalue weighted by molar-refractivity contribution is 5.80. The Bertz CT molecular complexity index is 1190. The number of benzene rings is 2. The van der Waals surface area contributed by atoms with Crippen molar-refractivity contribution in [2.24, 2.45) is 5.73 Å². The van der Waals surface area contributed by atoms with Gasteiger partial charge in [-0.05, 0) is 29.3 Å². The highest BCUT2D eigenvalue weighted by atomic mass is 19.1. The number of aromatic nitrogens is 2. The number of anilines is 1. The smallest absolute Gasteiger partial charge is 0.238 e. The first-order valence-corrected chi connectivity index (χ1v) is 11.5. The Balaban J connectivity index is 1.38. The summed E-state index contributed by atoms with van der Waals surface area (Å²) in [6.45, 7) is 2.39. The highest BCUT2D eigenvalue weighted by Crippen LogP contribution is 2.30. The van der Waals surface area contributed by atoms with Crippen LogP contribution in [0.2, 0.25) is 0 Å². The minimum Gasteiger partial charge on any atom is -0.368 e. The lowest BCUT2D eigenvalue weighted by molar-refractivity contribution is -0.121. The molecule has 0 saturated carbocycles. The lowest BCUT2D eigenvalue weighted by Crippen LogP contribution is -2.42. The van der Waals surface area contributed by atoms with E-state index in [1.165, 1.54) is 17.9 Å². The number of H-pyrrole nitrogens is 1. The molecule has 0 radical (unpaired) electrons. The minimum absolute atomic E-state index is 0.189. The number of primary amides is 1. The van der Waals surface area contributed by atoms with E-state index in [9.17, 15) is 14.7 Å². The number of rotatable bonds is 10. The van der Waals surface area contributed by atoms with Gasteiger partial charge < -0.3 is 36.1 Å². The molecule has 10 nitrogen and oxygen atoms in total. The van der Waals surface area contributed by atoms with Crippen LogP contribution in [-0.4, -0.2) is 58.5 Å². The summed E-state index contributed by atoms with van der Waals surface area (Å²) in [6.07, 6.45) is 1.97. The molecular formula is C25H29FN6O4. The van der Waals surface area contributed by atoms with Gasteiger partial charge >= 0.3 is 0 Å². The first-order chi connectivity index (χ1) is 17.3. The summed E-state index contributed by atoms with van der Waals surface area (Å²) in [6, 6.07) is 11.5. The molecular weight excluding hydrogens is 467 g/mol. The number of carbonyl (C=O) groups is 2. The fourth-order valence-electron chi connectivity index (χ4n) is 4.05. The predicted molar refractivity (Wildman–Crippen MR) is 131 cm³/mol. The molecule has 0 bridgehead atoms. The molecule has 3 aromatic rings. The molecule has 6 N–H and O–H groups in total. The zero-order chi connectivity index (χ0) is 25.7. The zero-order valence-electron chi connectivity index (χ0n) is 19.8. The van der Waals surface area contributed by atoms with E-state index in [4.69, 9.17) is 10.5 Å². The summed E-state index contributed by atoms with van der Waals surface area (Å²) < 4.78 is 20.4. The van der Waals surface area contributed by atoms with Gasteiger partial charge in [0.05, 0.1) is 25.0 Å². The van der Waals surface area contributed by atoms with E-state index in [0.717, 1.165) is 11.3 Å². The average Bonchev–Trinajstić information content (AvgIpc) is 3.50. The van der Waals surface area contributed by atoms with Gasteiger partial charge in [-0.2, -0.15) is 0 Å². The van der Waals surface area contributed by atoms with Crippen LogP contribution in [0.3, 0.4) is 0 Å². The Labute approximate surface area is 207 Å². The number of carbonyl (C=O) groups excluding carboxylic acids is 2. The zero-order valence-corrected chi connectivity index (χ0v) is 19.8. The second-order valence-electron chi connectivity index (χ2n) is 8.65. The van der Waals surface area contributed by atoms with E-state index in [1.807, 2.05) is 12.1 Å². The number of amides is 2. The predicted octanol–water partition coefficient (Wildman–Crippen LogP) is 1.02. The van der Waals surface area contributed by atoms with Gasteiger partial charge in [0.15, 0.2) is 0 Å². The largest absolute Gasteiger partial charge is 0.368 e. The maximum absolute atomic E-state index is 15.0. The quantitative estimate of drug-likeness (QED) is 0.282. The second-order valence-corrected chi connectivity index (χ2v) is 8.65. The van der Waals surface area contributed by atoms with Crippen LogP contribution in [0.15, 0.2) is 55.0 Å². The van der Waals surface area contributed by atoms with E-state index in [0.29, 0.717) is 36.3 Å². The van der Waals surface area contributed by atoms with Crippen LogP contribution in [0.5, 0.6) is 0 Å². The monoisotopic (exact) mass is 496 g/mol. The Morgan fingerprint density at radius 1 is 1.31 bits per heavy atom. The number of aromatic amines is 1. The molecule has 1 aliphatic rings. The molecule has 36 heavy (non-hydrogen) atoms. The summed E-state index contributed by atoms with van der Waals surface area (Å²) in [4.78, 5) is 31.3. The van der Waals surface area contributed by atoms with E-state index < -0.39 is 30.3 Å². The van der Waals surface area contributed by atoms with Crippen molar-refractivity contribution in [3.05, 3.63) is 72.1 Å². The van der Waals surface area contributed by atoms with Gasteiger partial charge in [-0.3, -0.25) is 9.59 Å². The van der Waals surface area contributed by atoms with Crippen LogP contribution in [0.4, 0.5) is 10.1 Å². The molecule has 2 unspecified atom stereocenters. The number of hydrogen-bond donors (Lipinski definition) is 5. The minimum atomic E-state index is -1.22. The Morgan fingerprint density at radius 2 is 2.08 bits per heavy atom. The molecule has 2 amide bonds. The number of aliphatic hydroxyl groups is 1. The first-order valence-electron chi connectivity index (χ1n) is 11.5. The molecule has 3 atom stereocenters. The summed E-state index contributed by atoms with van der Waals surface area (Å²) >= 11 is 0. The van der Waals surface area contributed by atoms with Crippen molar-refractivity contribution in [3.63, 3.8) is 0 Å². The normalized spacial score (nSPS) is 18.2. The van der Waals surface area contributed by atoms with Crippen LogP contribution < -0.4 is 21.3 Å². The number of nitrogens with two attached hydrogens (primary N) is 1. The van der Waals surface area contributed by atoms with Gasteiger partial charge in [-0.15, -0.1) is 0 Å². The van der Waals surface area contributed by atoms with E-state index >= 15 is 4.39 Å². The average molecular weight is 497 g/mol. The molecule has 1 fully saturated rings. The second kappa shape index (κ2) is 11.3. The molecule has 1 saturated heterocycles. The molecule has 0 spiro atoms. The van der Waals surface area contributed by atoms with Crippen molar-refractivity contribution >= 4 is 17.5 Å². The number of imidazole rings is 1. The molecule has 190 valence electrons. The third-order valence-corrected chi connectivity index (χ3v) is 5.98. The standard InChI is InChI=1S/C25H29FN6O4/c1-15(33)29-12-20-13-32(25(35)36-20)19-6-7-21(22(26)9-19)17-4-2-16(3-5-17)10-30-23(24(27)34)8-18-11-28-14-31-18/h2-7,9,11,14,20,23,25,30,35H,8,10,12-13H2,1H3,(H2,27,34)(H,28,31)(H,29,33)/t20-,23?,25?/m0/s1. The van der Waals surface area contributed by atoms with Crippen molar-refractivity contribution in [2.75, 3.05) is 18.0 Å². The van der Waals surface area contributed by atoms with Crippen molar-refractivity contribution in [3.8, 4) is 11.1 Å². The Kier molecular flexibility index (Phi) is 7.93. The van der Waals surface area contributed by atoms with E-state index in [1.54, 1.807) is 36.8 Å². The Hall–Kier alpha value is -3.80. The topological polar surface area (TPSA) is 146 Å². The summed E-state index contributed by atoms with van der Waals surface area (Å²) in [5.74, 6) is -1.09. The SMILES string of the molecule is CC(=O)NC[C@H]1CN(c2ccc(-c3ccc(CNC(Cc4cnc[nH]4)C(N)=O)cc3)c(F)c2)C(O)O1. The summed E-state index contributed by atoms with van der Waals surface area (Å²) in [7, 11) is 0. The number of hydrogen-bond acceptors (Lipinski definition) is 7. The van der Waals surface area contributed by atoms with Gasteiger partial charge in [0.25, 0.3) is 0 Å². The lowest BCUT2D eigenvalue weighted by Gasteiger charge is -2.21. The third kappa shape index (κ3) is 6.25. The molecule has 1 aliphatic heterocycles. The van der Waals surface area contributed by atoms with Gasteiger partial charge in [0.2, 0.25) is 18.2 Å². The van der Waals surface area contributed by atoms with Crippen molar-refractivity contribution in [1.82, 2.24) is 20.6 Å². The van der Waals surface area contributed by atoms with Crippen LogP contribution in [0.25, 0.3) is 11.1 Å². The Morgan fingerprint density at radius 3 is 2.72 bits per heavy atom. The number of halogens is 1. The number of aliphatic hydroxyl groups excluding tert-OH is 1. The van der Waals surface area contributed by atoms with Gasteiger partial charge in [-0.1, -0.05) is 24.3 Å². The van der Waals surface area contributed by atoms with Crippen LogP contribution in [0.1, 0.15) is 18.2 Å². The molecule has 4 rings (SSSR count). The van der Waals surface area contributed by atoms with Gasteiger partial charge in [-0.25, -0.2) is 9.37 Å². The lowest BCUT2D eigenvalue weighted by atomic mass is 10.0. The van der Waals surface area contributed by atoms with Gasteiger partial charge in [0, 0.05) is 49.6 Å². The van der Waals surface area contributed by atoms with Gasteiger partial charge in [0.1, 0.15) is 5.82 Å².